The van der Waals surface area contributed by atoms with E-state index in [1.807, 2.05) is 18.2 Å². The third kappa shape index (κ3) is 2.88. The van der Waals surface area contributed by atoms with Gasteiger partial charge >= 0.3 is 0 Å². The molecule has 2 heterocycles. The van der Waals surface area contributed by atoms with Crippen LogP contribution in [0.25, 0.3) is 6.08 Å². The van der Waals surface area contributed by atoms with E-state index in [4.69, 9.17) is 18.9 Å². The number of carbonyl (C=O) groups is 1. The van der Waals surface area contributed by atoms with Crippen molar-refractivity contribution in [2.24, 2.45) is 0 Å². The normalized spacial score (nSPS) is 13.1. The van der Waals surface area contributed by atoms with Crippen LogP contribution in [0.15, 0.2) is 43.0 Å². The first-order valence-corrected chi connectivity index (χ1v) is 6.67. The predicted octanol–water partition coefficient (Wildman–Crippen LogP) is 3.29. The first-order chi connectivity index (χ1) is 10.8. The van der Waals surface area contributed by atoms with Crippen molar-refractivity contribution in [1.29, 1.82) is 0 Å². The number of fused-ring (bicyclic) bond motifs is 2. The molecule has 0 amide bonds. The quantitative estimate of drug-likeness (QED) is 0.796. The lowest BCUT2D eigenvalue weighted by molar-refractivity contribution is 0.112. The van der Waals surface area contributed by atoms with E-state index in [9.17, 15) is 4.79 Å². The van der Waals surface area contributed by atoms with Crippen LogP contribution in [0.1, 0.15) is 15.9 Å². The Morgan fingerprint density at radius 2 is 1.27 bits per heavy atom. The molecule has 0 N–H and O–H groups in total. The maximum absolute atomic E-state index is 10.3. The first kappa shape index (κ1) is 14.0. The van der Waals surface area contributed by atoms with Crippen molar-refractivity contribution in [2.45, 2.75) is 0 Å². The number of benzene rings is 2. The second-order valence-electron chi connectivity index (χ2n) is 4.55. The summed E-state index contributed by atoms with van der Waals surface area (Å²) in [6.45, 7) is 4.24. The van der Waals surface area contributed by atoms with Crippen LogP contribution in [-0.4, -0.2) is 19.9 Å². The molecule has 0 saturated heterocycles. The minimum Gasteiger partial charge on any atom is -0.454 e. The number of ether oxygens (including phenoxy) is 4. The first-order valence-electron chi connectivity index (χ1n) is 6.67. The molecule has 2 aromatic carbocycles. The predicted molar refractivity (Wildman–Crippen MR) is 80.6 cm³/mol. The number of hydrogen-bond donors (Lipinski definition) is 0. The topological polar surface area (TPSA) is 54.0 Å². The highest BCUT2D eigenvalue weighted by molar-refractivity contribution is 5.76. The Balaban J connectivity index is 0.000000131. The Labute approximate surface area is 127 Å². The summed E-state index contributed by atoms with van der Waals surface area (Å²) in [4.78, 5) is 10.3. The number of carbonyl (C=O) groups excluding carboxylic acids is 1. The number of aldehydes is 1. The van der Waals surface area contributed by atoms with E-state index >= 15 is 0 Å². The molecule has 0 bridgehead atoms. The van der Waals surface area contributed by atoms with Crippen molar-refractivity contribution < 1.29 is 23.7 Å². The zero-order valence-corrected chi connectivity index (χ0v) is 11.8. The summed E-state index contributed by atoms with van der Waals surface area (Å²) in [5.41, 5.74) is 1.66. The van der Waals surface area contributed by atoms with Gasteiger partial charge in [-0.05, 0) is 35.9 Å². The summed E-state index contributed by atoms with van der Waals surface area (Å²) in [5, 5.41) is 0. The minimum absolute atomic E-state index is 0.248. The lowest BCUT2D eigenvalue weighted by Crippen LogP contribution is -1.92. The number of rotatable bonds is 2. The molecule has 4 rings (SSSR count). The van der Waals surface area contributed by atoms with Gasteiger partial charge in [0.15, 0.2) is 23.0 Å². The molecule has 0 atom stereocenters. The fourth-order valence-corrected chi connectivity index (χ4v) is 2.03. The van der Waals surface area contributed by atoms with Crippen LogP contribution in [0.2, 0.25) is 0 Å². The van der Waals surface area contributed by atoms with Gasteiger partial charge in [0, 0.05) is 5.56 Å². The molecule has 0 fully saturated rings. The standard InChI is InChI=1S/C9H8O2.C8H6O3/c1-2-7-3-4-8-9(5-7)11-6-10-8;9-4-6-1-2-7-8(3-6)11-5-10-7/h2-5H,1,6H2;1-4H,5H2. The van der Waals surface area contributed by atoms with Crippen LogP contribution < -0.4 is 18.9 Å². The molecule has 5 heteroatoms. The summed E-state index contributed by atoms with van der Waals surface area (Å²) >= 11 is 0. The van der Waals surface area contributed by atoms with Crippen LogP contribution in [0.5, 0.6) is 23.0 Å². The maximum atomic E-state index is 10.3. The van der Waals surface area contributed by atoms with Gasteiger partial charge in [0.2, 0.25) is 13.6 Å². The lowest BCUT2D eigenvalue weighted by Gasteiger charge is -1.95. The van der Waals surface area contributed by atoms with Crippen LogP contribution >= 0.6 is 0 Å². The third-order valence-electron chi connectivity index (χ3n) is 3.17. The fourth-order valence-electron chi connectivity index (χ4n) is 2.03. The molecule has 0 aromatic heterocycles. The molecule has 22 heavy (non-hydrogen) atoms. The Morgan fingerprint density at radius 3 is 1.82 bits per heavy atom. The molecule has 0 spiro atoms. The lowest BCUT2D eigenvalue weighted by atomic mass is 10.2. The molecule has 0 saturated carbocycles. The Morgan fingerprint density at radius 1 is 0.773 bits per heavy atom. The summed E-state index contributed by atoms with van der Waals surface area (Å²) in [5.74, 6) is 2.98. The van der Waals surface area contributed by atoms with Gasteiger partial charge in [-0.2, -0.15) is 0 Å². The number of hydrogen-bond acceptors (Lipinski definition) is 5. The van der Waals surface area contributed by atoms with Crippen molar-refractivity contribution in [1.82, 2.24) is 0 Å². The van der Waals surface area contributed by atoms with Gasteiger partial charge in [0.05, 0.1) is 0 Å². The highest BCUT2D eigenvalue weighted by Crippen LogP contribution is 2.33. The monoisotopic (exact) mass is 298 g/mol. The van der Waals surface area contributed by atoms with E-state index in [0.29, 0.717) is 23.9 Å². The SMILES string of the molecule is C=Cc1ccc2c(c1)OCO2.O=Cc1ccc2c(c1)OCO2. The average molecular weight is 298 g/mol. The van der Waals surface area contributed by atoms with Crippen LogP contribution in [0, 0.1) is 0 Å². The third-order valence-corrected chi connectivity index (χ3v) is 3.17. The van der Waals surface area contributed by atoms with E-state index in [-0.39, 0.29) is 6.79 Å². The highest BCUT2D eigenvalue weighted by atomic mass is 16.7. The van der Waals surface area contributed by atoms with Crippen LogP contribution in [-0.2, 0) is 0 Å². The van der Waals surface area contributed by atoms with Crippen LogP contribution in [0.3, 0.4) is 0 Å². The van der Waals surface area contributed by atoms with Gasteiger partial charge in [-0.3, -0.25) is 4.79 Å². The molecule has 2 aromatic rings. The Hall–Kier alpha value is -2.95. The van der Waals surface area contributed by atoms with Crippen molar-refractivity contribution >= 4 is 12.4 Å². The summed E-state index contributed by atoms with van der Waals surface area (Å²) in [6.07, 6.45) is 2.56. The maximum Gasteiger partial charge on any atom is 0.231 e. The van der Waals surface area contributed by atoms with Crippen molar-refractivity contribution in [3.63, 3.8) is 0 Å². The summed E-state index contributed by atoms with van der Waals surface area (Å²) < 4.78 is 20.4. The largest absolute Gasteiger partial charge is 0.454 e. The van der Waals surface area contributed by atoms with Gasteiger partial charge in [0.1, 0.15) is 6.29 Å². The molecule has 2 aliphatic rings. The molecule has 2 aliphatic heterocycles. The summed E-state index contributed by atoms with van der Waals surface area (Å²) in [6, 6.07) is 10.8. The van der Waals surface area contributed by atoms with Crippen LogP contribution in [0.4, 0.5) is 0 Å². The summed E-state index contributed by atoms with van der Waals surface area (Å²) in [7, 11) is 0. The van der Waals surface area contributed by atoms with Gasteiger partial charge in [-0.1, -0.05) is 18.7 Å². The van der Waals surface area contributed by atoms with E-state index in [1.165, 1.54) is 0 Å². The van der Waals surface area contributed by atoms with Crippen molar-refractivity contribution in [2.75, 3.05) is 13.6 Å². The van der Waals surface area contributed by atoms with Gasteiger partial charge < -0.3 is 18.9 Å². The Kier molecular flexibility index (Phi) is 3.96. The van der Waals surface area contributed by atoms with Gasteiger partial charge in [0.25, 0.3) is 0 Å². The highest BCUT2D eigenvalue weighted by Gasteiger charge is 2.12. The molecule has 112 valence electrons. The molecular weight excluding hydrogens is 284 g/mol. The van der Waals surface area contributed by atoms with E-state index in [2.05, 4.69) is 6.58 Å². The molecule has 0 radical (unpaired) electrons. The van der Waals surface area contributed by atoms with Gasteiger partial charge in [-0.15, -0.1) is 0 Å². The van der Waals surface area contributed by atoms with Crippen molar-refractivity contribution in [3.8, 4) is 23.0 Å². The second-order valence-corrected chi connectivity index (χ2v) is 4.55. The van der Waals surface area contributed by atoms with Gasteiger partial charge in [-0.25, -0.2) is 0 Å². The zero-order chi connectivity index (χ0) is 15.4. The van der Waals surface area contributed by atoms with E-state index < -0.39 is 0 Å². The smallest absolute Gasteiger partial charge is 0.231 e. The Bertz CT molecular complexity index is 647. The molecular formula is C17H14O5. The fraction of sp³-hybridized carbons (Fsp3) is 0.118. The molecule has 5 nitrogen and oxygen atoms in total. The van der Waals surface area contributed by atoms with E-state index in [0.717, 1.165) is 23.3 Å². The average Bonchev–Trinajstić information content (AvgIpc) is 3.22. The molecule has 0 unspecified atom stereocenters. The second kappa shape index (κ2) is 6.22. The van der Waals surface area contributed by atoms with E-state index in [1.54, 1.807) is 24.3 Å². The zero-order valence-electron chi connectivity index (χ0n) is 11.8. The molecule has 0 aliphatic carbocycles. The van der Waals surface area contributed by atoms with Crippen molar-refractivity contribution in [3.05, 3.63) is 54.1 Å². The minimum atomic E-state index is 0.248.